The van der Waals surface area contributed by atoms with Gasteiger partial charge in [0.05, 0.1) is 0 Å². The van der Waals surface area contributed by atoms with Gasteiger partial charge in [-0.2, -0.15) is 0 Å². The maximum Gasteiger partial charge on any atom is 0.122 e. The summed E-state index contributed by atoms with van der Waals surface area (Å²) in [6.45, 7) is 2.13. The van der Waals surface area contributed by atoms with E-state index in [9.17, 15) is 0 Å². The summed E-state index contributed by atoms with van der Waals surface area (Å²) in [5.41, 5.74) is 1.20. The molecule has 13 heavy (non-hydrogen) atoms. The van der Waals surface area contributed by atoms with Crippen LogP contribution in [-0.4, -0.2) is 10.3 Å². The lowest BCUT2D eigenvalue weighted by Crippen LogP contribution is -1.79. The Morgan fingerprint density at radius 3 is 3.08 bits per heavy atom. The summed E-state index contributed by atoms with van der Waals surface area (Å²) in [5.74, 6) is 0. The van der Waals surface area contributed by atoms with Gasteiger partial charge in [0.2, 0.25) is 0 Å². The van der Waals surface area contributed by atoms with Crippen molar-refractivity contribution in [1.82, 2.24) is 4.98 Å². The quantitative estimate of drug-likeness (QED) is 0.589. The second kappa shape index (κ2) is 6.11. The van der Waals surface area contributed by atoms with E-state index in [0.717, 1.165) is 16.8 Å². The Bertz CT molecular complexity index is 288. The van der Waals surface area contributed by atoms with Gasteiger partial charge in [-0.3, -0.25) is 0 Å². The predicted molar refractivity (Wildman–Crippen MR) is 63.3 cm³/mol. The largest absolute Gasteiger partial charge is 0.245 e. The number of thiazole rings is 1. The second-order valence-corrected chi connectivity index (χ2v) is 4.00. The Morgan fingerprint density at radius 1 is 1.69 bits per heavy atom. The Kier molecular flexibility index (Phi) is 5.01. The van der Waals surface area contributed by atoms with E-state index in [-0.39, 0.29) is 0 Å². The van der Waals surface area contributed by atoms with Gasteiger partial charge in [0.1, 0.15) is 5.01 Å². The Labute approximate surface area is 91.3 Å². The molecule has 0 spiro atoms. The molecule has 1 heterocycles. The second-order valence-electron chi connectivity index (χ2n) is 2.46. The van der Waals surface area contributed by atoms with Gasteiger partial charge in [0.25, 0.3) is 0 Å². The molecule has 0 radical (unpaired) electrons. The van der Waals surface area contributed by atoms with E-state index in [1.54, 1.807) is 11.3 Å². The molecule has 0 amide bonds. The van der Waals surface area contributed by atoms with Gasteiger partial charge in [0, 0.05) is 22.5 Å². The summed E-state index contributed by atoms with van der Waals surface area (Å²) in [6, 6.07) is 0. The van der Waals surface area contributed by atoms with Crippen molar-refractivity contribution in [2.45, 2.75) is 13.3 Å². The lowest BCUT2D eigenvalue weighted by atomic mass is 10.2. The van der Waals surface area contributed by atoms with Crippen molar-refractivity contribution < 1.29 is 0 Å². The van der Waals surface area contributed by atoms with Crippen molar-refractivity contribution in [2.75, 3.05) is 5.33 Å². The topological polar surface area (TPSA) is 12.9 Å². The van der Waals surface area contributed by atoms with E-state index in [1.807, 2.05) is 11.6 Å². The van der Waals surface area contributed by atoms with Crippen LogP contribution >= 0.6 is 27.3 Å². The van der Waals surface area contributed by atoms with Crippen LogP contribution in [0.1, 0.15) is 18.4 Å². The van der Waals surface area contributed by atoms with Crippen LogP contribution in [0.3, 0.4) is 0 Å². The zero-order valence-corrected chi connectivity index (χ0v) is 9.94. The summed E-state index contributed by atoms with van der Waals surface area (Å²) < 4.78 is 0. The number of aromatic nitrogens is 1. The molecule has 0 aromatic carbocycles. The fraction of sp³-hybridized carbons (Fsp3) is 0.300. The summed E-state index contributed by atoms with van der Waals surface area (Å²) >= 11 is 5.06. The van der Waals surface area contributed by atoms with Crippen LogP contribution < -0.4 is 0 Å². The summed E-state index contributed by atoms with van der Waals surface area (Å²) in [4.78, 5) is 4.27. The zero-order chi connectivity index (χ0) is 9.52. The SMILES string of the molecule is CC/C=C\C(=C/CBr)c1nccs1. The first-order chi connectivity index (χ1) is 6.38. The van der Waals surface area contributed by atoms with Gasteiger partial charge in [-0.1, -0.05) is 41.1 Å². The first-order valence-electron chi connectivity index (χ1n) is 4.21. The average molecular weight is 258 g/mol. The molecule has 0 saturated heterocycles. The van der Waals surface area contributed by atoms with E-state index in [1.165, 1.54) is 5.57 Å². The first kappa shape index (κ1) is 10.7. The van der Waals surface area contributed by atoms with Crippen molar-refractivity contribution in [2.24, 2.45) is 0 Å². The number of halogens is 1. The predicted octanol–water partition coefficient (Wildman–Crippen LogP) is 3.89. The Hall–Kier alpha value is -0.410. The third-order valence-electron chi connectivity index (χ3n) is 1.51. The zero-order valence-electron chi connectivity index (χ0n) is 7.53. The molecule has 0 aliphatic rings. The first-order valence-corrected chi connectivity index (χ1v) is 6.21. The standard InChI is InChI=1S/C10H12BrNS/c1-2-3-4-9(5-6-11)10-12-7-8-13-10/h3-5,7-8H,2,6H2,1H3/b4-3-,9-5+. The van der Waals surface area contributed by atoms with Crippen LogP contribution in [0.25, 0.3) is 5.57 Å². The molecule has 1 rings (SSSR count). The van der Waals surface area contributed by atoms with Crippen molar-refractivity contribution in [1.29, 1.82) is 0 Å². The monoisotopic (exact) mass is 257 g/mol. The number of allylic oxidation sites excluding steroid dienone is 4. The molecule has 1 aromatic heterocycles. The van der Waals surface area contributed by atoms with Crippen molar-refractivity contribution >= 4 is 32.8 Å². The van der Waals surface area contributed by atoms with Crippen LogP contribution in [0.15, 0.2) is 29.8 Å². The molecular weight excluding hydrogens is 246 g/mol. The van der Waals surface area contributed by atoms with Gasteiger partial charge >= 0.3 is 0 Å². The van der Waals surface area contributed by atoms with Gasteiger partial charge in [-0.15, -0.1) is 11.3 Å². The van der Waals surface area contributed by atoms with E-state index in [0.29, 0.717) is 0 Å². The molecule has 0 unspecified atom stereocenters. The number of hydrogen-bond donors (Lipinski definition) is 0. The van der Waals surface area contributed by atoms with Crippen molar-refractivity contribution in [3.05, 3.63) is 34.8 Å². The lowest BCUT2D eigenvalue weighted by Gasteiger charge is -1.94. The van der Waals surface area contributed by atoms with E-state index in [2.05, 4.69) is 46.1 Å². The molecule has 70 valence electrons. The van der Waals surface area contributed by atoms with Gasteiger partial charge in [-0.05, 0) is 6.42 Å². The van der Waals surface area contributed by atoms with Crippen LogP contribution in [0, 0.1) is 0 Å². The maximum atomic E-state index is 4.27. The Balaban J connectivity index is 2.81. The number of nitrogens with zero attached hydrogens (tertiary/aromatic N) is 1. The molecule has 0 bridgehead atoms. The minimum Gasteiger partial charge on any atom is -0.245 e. The molecule has 0 aliphatic carbocycles. The molecule has 3 heteroatoms. The molecule has 0 fully saturated rings. The highest BCUT2D eigenvalue weighted by Gasteiger charge is 1.98. The smallest absolute Gasteiger partial charge is 0.122 e. The molecule has 0 N–H and O–H groups in total. The van der Waals surface area contributed by atoms with Crippen LogP contribution in [-0.2, 0) is 0 Å². The number of alkyl halides is 1. The van der Waals surface area contributed by atoms with Crippen molar-refractivity contribution in [3.63, 3.8) is 0 Å². The third-order valence-corrected chi connectivity index (χ3v) is 2.66. The van der Waals surface area contributed by atoms with Crippen LogP contribution in [0.5, 0.6) is 0 Å². The molecule has 0 atom stereocenters. The highest BCUT2D eigenvalue weighted by Crippen LogP contribution is 2.18. The van der Waals surface area contributed by atoms with E-state index < -0.39 is 0 Å². The molecule has 0 saturated carbocycles. The fourth-order valence-corrected chi connectivity index (χ4v) is 1.93. The van der Waals surface area contributed by atoms with E-state index in [4.69, 9.17) is 0 Å². The minimum absolute atomic E-state index is 0.871. The summed E-state index contributed by atoms with van der Waals surface area (Å²) in [5, 5.41) is 3.96. The summed E-state index contributed by atoms with van der Waals surface area (Å²) in [6.07, 6.45) is 9.30. The normalized spacial score (nSPS) is 12.6. The highest BCUT2D eigenvalue weighted by atomic mass is 79.9. The molecule has 1 nitrogen and oxygen atoms in total. The van der Waals surface area contributed by atoms with Crippen LogP contribution in [0.4, 0.5) is 0 Å². The maximum absolute atomic E-state index is 4.27. The Morgan fingerprint density at radius 2 is 2.54 bits per heavy atom. The fourth-order valence-electron chi connectivity index (χ4n) is 0.921. The third kappa shape index (κ3) is 3.44. The number of rotatable bonds is 4. The van der Waals surface area contributed by atoms with Gasteiger partial charge < -0.3 is 0 Å². The van der Waals surface area contributed by atoms with Gasteiger partial charge in [-0.25, -0.2) is 4.98 Å². The van der Waals surface area contributed by atoms with E-state index >= 15 is 0 Å². The highest BCUT2D eigenvalue weighted by molar-refractivity contribution is 9.09. The lowest BCUT2D eigenvalue weighted by molar-refractivity contribution is 1.22. The minimum atomic E-state index is 0.871. The molecular formula is C10H12BrNS. The van der Waals surface area contributed by atoms with Crippen molar-refractivity contribution in [3.8, 4) is 0 Å². The molecule has 1 aromatic rings. The summed E-state index contributed by atoms with van der Waals surface area (Å²) in [7, 11) is 0. The molecule has 0 aliphatic heterocycles. The number of hydrogen-bond acceptors (Lipinski definition) is 2. The average Bonchev–Trinajstić information content (AvgIpc) is 2.65. The van der Waals surface area contributed by atoms with Crippen LogP contribution in [0.2, 0.25) is 0 Å². The van der Waals surface area contributed by atoms with Gasteiger partial charge in [0.15, 0.2) is 0 Å².